The second-order valence-corrected chi connectivity index (χ2v) is 14.9. The minimum absolute atomic E-state index is 0.350. The first-order chi connectivity index (χ1) is 25.4. The van der Waals surface area contributed by atoms with Gasteiger partial charge in [0.1, 0.15) is 53.1 Å². The largest absolute Gasteiger partial charge is 0.506 e. The van der Waals surface area contributed by atoms with E-state index in [1.807, 2.05) is 5.32 Å². The molecule has 2 fully saturated rings. The SMILES string of the molecule is CC(O)C(N)C(=O)N1CC(O)CC1C(=O)NC(C(=O)NC(C(=O)N1CC(C)C(O)C1C(N)=O)C(O)CC(N)=O)C(O)C(O)c1ccc(O)c(S(=O)(=O)OO)c1. The number of hydrogen-bond donors (Lipinski definition) is 13. The number of aromatic hydroxyl groups is 1. The highest BCUT2D eigenvalue weighted by Gasteiger charge is 2.49. The Kier molecular flexibility index (Phi) is 14.6. The van der Waals surface area contributed by atoms with Crippen molar-refractivity contribution in [3.8, 4) is 5.75 Å². The van der Waals surface area contributed by atoms with Crippen LogP contribution in [0.4, 0.5) is 0 Å². The Balaban J connectivity index is 2.10. The minimum atomic E-state index is -5.07. The number of amides is 6. The molecule has 0 aliphatic carbocycles. The van der Waals surface area contributed by atoms with Crippen LogP contribution in [0.25, 0.3) is 0 Å². The van der Waals surface area contributed by atoms with Gasteiger partial charge in [-0.15, -0.1) is 4.33 Å². The third kappa shape index (κ3) is 10.0. The maximum atomic E-state index is 14.0. The first-order valence-electron chi connectivity index (χ1n) is 16.5. The summed E-state index contributed by atoms with van der Waals surface area (Å²) >= 11 is 0. The van der Waals surface area contributed by atoms with Gasteiger partial charge in [-0.1, -0.05) is 13.0 Å². The molecule has 25 heteroatoms. The van der Waals surface area contributed by atoms with Gasteiger partial charge >= 0.3 is 10.1 Å². The topological polar surface area (TPSA) is 416 Å². The molecule has 0 saturated carbocycles. The van der Waals surface area contributed by atoms with Crippen LogP contribution < -0.4 is 27.8 Å². The summed E-state index contributed by atoms with van der Waals surface area (Å²) in [5.74, 6) is -9.33. The van der Waals surface area contributed by atoms with Crippen molar-refractivity contribution in [3.63, 3.8) is 0 Å². The molecule has 1 aromatic carbocycles. The highest BCUT2D eigenvalue weighted by atomic mass is 32.2. The molecule has 12 unspecified atom stereocenters. The van der Waals surface area contributed by atoms with Gasteiger partial charge in [0.25, 0.3) is 0 Å². The first kappa shape index (κ1) is 44.8. The number of nitrogens with zero attached hydrogens (tertiary/aromatic N) is 2. The normalized spacial score (nSPS) is 25.2. The summed E-state index contributed by atoms with van der Waals surface area (Å²) in [6.45, 7) is 1.79. The Morgan fingerprint density at radius 1 is 0.964 bits per heavy atom. The van der Waals surface area contributed by atoms with Crippen LogP contribution in [0.3, 0.4) is 0 Å². The van der Waals surface area contributed by atoms with Crippen molar-refractivity contribution in [2.45, 2.75) is 98.4 Å². The number of carbonyl (C=O) groups excluding carboxylic acids is 6. The average molecular weight is 808 g/mol. The van der Waals surface area contributed by atoms with E-state index in [4.69, 9.17) is 22.5 Å². The molecule has 0 spiro atoms. The predicted octanol–water partition coefficient (Wildman–Crippen LogP) is -7.47. The second-order valence-electron chi connectivity index (χ2n) is 13.4. The molecule has 3 rings (SSSR count). The minimum Gasteiger partial charge on any atom is -0.506 e. The highest BCUT2D eigenvalue weighted by molar-refractivity contribution is 7.86. The van der Waals surface area contributed by atoms with Crippen LogP contribution >= 0.6 is 0 Å². The lowest BCUT2D eigenvalue weighted by Crippen LogP contribution is -2.64. The predicted molar refractivity (Wildman–Crippen MR) is 179 cm³/mol. The van der Waals surface area contributed by atoms with Crippen molar-refractivity contribution < 1.29 is 82.5 Å². The zero-order chi connectivity index (χ0) is 41.9. The van der Waals surface area contributed by atoms with Crippen molar-refractivity contribution in [2.24, 2.45) is 23.1 Å². The Bertz CT molecular complexity index is 1750. The van der Waals surface area contributed by atoms with Gasteiger partial charge in [-0.3, -0.25) is 28.8 Å². The number of aliphatic hydroxyl groups excluding tert-OH is 6. The smallest absolute Gasteiger partial charge is 0.326 e. The van der Waals surface area contributed by atoms with Crippen LogP contribution in [0.5, 0.6) is 5.75 Å². The van der Waals surface area contributed by atoms with Gasteiger partial charge in [0.2, 0.25) is 35.4 Å². The van der Waals surface area contributed by atoms with Gasteiger partial charge in [0, 0.05) is 25.4 Å². The number of likely N-dealkylation sites (tertiary alicyclic amines) is 2. The van der Waals surface area contributed by atoms with Gasteiger partial charge in [-0.2, -0.15) is 8.42 Å². The van der Waals surface area contributed by atoms with Crippen LogP contribution in [0.15, 0.2) is 23.1 Å². The fourth-order valence-corrected chi connectivity index (χ4v) is 6.92. The third-order valence-corrected chi connectivity index (χ3v) is 10.3. The maximum Gasteiger partial charge on any atom is 0.326 e. The number of benzene rings is 1. The van der Waals surface area contributed by atoms with Crippen LogP contribution in [0.1, 0.15) is 38.4 Å². The summed E-state index contributed by atoms with van der Waals surface area (Å²) in [6.07, 6.45) is -12.8. The number of aliphatic hydroxyl groups is 6. The standard InChI is InChI=1S/C30H45N7O17S/c1-10-8-37(22(23(10)43)26(33)46)30(50)20(16(41)7-18(31)42)34-28(48)21(25(45)24(44)12-3-4-15(40)17(5-12)55(52,53)54-51)35-27(47)14-6-13(39)9-36(14)29(49)19(32)11(2)38/h3-5,10-11,13-14,16,19-25,38-41,43-45,51H,6-9,32H2,1-2H3,(H2,31,42)(H2,33,46)(H,34,48)(H,35,47). The molecule has 2 saturated heterocycles. The fourth-order valence-electron chi connectivity index (χ4n) is 6.24. The van der Waals surface area contributed by atoms with Crippen molar-refractivity contribution in [1.82, 2.24) is 20.4 Å². The number of nitrogens with one attached hydrogen (secondary N) is 2. The number of phenols is 1. The zero-order valence-electron chi connectivity index (χ0n) is 29.3. The van der Waals surface area contributed by atoms with Gasteiger partial charge in [-0.05, 0) is 24.6 Å². The van der Waals surface area contributed by atoms with Crippen LogP contribution in [-0.2, 0) is 43.2 Å². The molecule has 2 heterocycles. The van der Waals surface area contributed by atoms with Crippen molar-refractivity contribution in [3.05, 3.63) is 23.8 Å². The number of phenolic OH excluding ortho intramolecular Hbond substituents is 1. The molecule has 6 amide bonds. The zero-order valence-corrected chi connectivity index (χ0v) is 30.1. The van der Waals surface area contributed by atoms with E-state index < -0.39 is 154 Å². The first-order valence-corrected chi connectivity index (χ1v) is 17.9. The van der Waals surface area contributed by atoms with Crippen molar-refractivity contribution in [2.75, 3.05) is 13.1 Å². The summed E-state index contributed by atoms with van der Waals surface area (Å²) in [5, 5.41) is 87.1. The van der Waals surface area contributed by atoms with E-state index in [0.29, 0.717) is 17.0 Å². The van der Waals surface area contributed by atoms with E-state index in [1.165, 1.54) is 13.8 Å². The second kappa shape index (κ2) is 17.9. The van der Waals surface area contributed by atoms with Crippen molar-refractivity contribution >= 4 is 45.6 Å². The number of hydrogen-bond acceptors (Lipinski definition) is 18. The van der Waals surface area contributed by atoms with E-state index in [0.717, 1.165) is 11.0 Å². The third-order valence-electron chi connectivity index (χ3n) is 9.27. The molecular weight excluding hydrogens is 762 g/mol. The molecule has 2 aliphatic heterocycles. The summed E-state index contributed by atoms with van der Waals surface area (Å²) in [5.41, 5.74) is 15.7. The van der Waals surface area contributed by atoms with E-state index in [-0.39, 0.29) is 6.54 Å². The van der Waals surface area contributed by atoms with Gasteiger partial charge in [-0.25, -0.2) is 5.26 Å². The lowest BCUT2D eigenvalue weighted by atomic mass is 9.96. The summed E-state index contributed by atoms with van der Waals surface area (Å²) in [4.78, 5) is 78.9. The molecule has 1 aromatic rings. The van der Waals surface area contributed by atoms with Crippen LogP contribution in [-0.4, -0.2) is 168 Å². The molecular formula is C30H45N7O17S. The number of carbonyl (C=O) groups is 6. The molecule has 24 nitrogen and oxygen atoms in total. The Morgan fingerprint density at radius 2 is 1.58 bits per heavy atom. The van der Waals surface area contributed by atoms with E-state index in [2.05, 4.69) is 9.65 Å². The fraction of sp³-hybridized carbons (Fsp3) is 0.600. The summed E-state index contributed by atoms with van der Waals surface area (Å²) in [6, 6.07) is -7.51. The number of nitrogens with two attached hydrogens (primary N) is 3. The lowest BCUT2D eigenvalue weighted by Gasteiger charge is -2.34. The van der Waals surface area contributed by atoms with Gasteiger partial charge in [0.15, 0.2) is 0 Å². The van der Waals surface area contributed by atoms with E-state index >= 15 is 0 Å². The Labute approximate surface area is 312 Å². The molecule has 2 aliphatic rings. The van der Waals surface area contributed by atoms with E-state index in [1.54, 1.807) is 0 Å². The number of rotatable bonds is 16. The molecule has 0 bridgehead atoms. The van der Waals surface area contributed by atoms with E-state index in [9.17, 15) is 72.9 Å². The van der Waals surface area contributed by atoms with Gasteiger partial charge < -0.3 is 73.4 Å². The Morgan fingerprint density at radius 3 is 2.13 bits per heavy atom. The number of primary amides is 2. The molecule has 0 radical (unpaired) electrons. The van der Waals surface area contributed by atoms with Crippen molar-refractivity contribution in [1.29, 1.82) is 0 Å². The monoisotopic (exact) mass is 807 g/mol. The molecule has 12 atom stereocenters. The highest BCUT2D eigenvalue weighted by Crippen LogP contribution is 2.30. The van der Waals surface area contributed by atoms with Crippen LogP contribution in [0, 0.1) is 5.92 Å². The summed E-state index contributed by atoms with van der Waals surface area (Å²) in [7, 11) is -5.07. The lowest BCUT2D eigenvalue weighted by molar-refractivity contribution is -0.147. The van der Waals surface area contributed by atoms with Crippen LogP contribution in [0.2, 0.25) is 0 Å². The quantitative estimate of drug-likeness (QED) is 0.0545. The maximum absolute atomic E-state index is 14.0. The molecule has 16 N–H and O–H groups in total. The van der Waals surface area contributed by atoms with Gasteiger partial charge in [0.05, 0.1) is 30.8 Å². The molecule has 0 aromatic heterocycles. The Hall–Kier alpha value is -4.57. The molecule has 308 valence electrons. The average Bonchev–Trinajstić information content (AvgIpc) is 3.65. The summed E-state index contributed by atoms with van der Waals surface area (Å²) < 4.78 is 27.7. The molecule has 55 heavy (non-hydrogen) atoms. The number of β-amino-alcohol motifs (C(OH)–C–C–N with tert-alkyl or cyclic N) is 1.